The van der Waals surface area contributed by atoms with Gasteiger partial charge < -0.3 is 9.67 Å². The number of aryl methyl sites for hydroxylation is 1. The predicted molar refractivity (Wildman–Crippen MR) is 116 cm³/mol. The van der Waals surface area contributed by atoms with Crippen molar-refractivity contribution in [1.29, 1.82) is 0 Å². The first kappa shape index (κ1) is 19.3. The molecular formula is C21H25Cl2NOSi. The molecular weight excluding hydrogens is 381 g/mol. The molecule has 0 saturated carbocycles. The van der Waals surface area contributed by atoms with Crippen LogP contribution in [0.1, 0.15) is 27.7 Å². The number of fused-ring (bicyclic) bond motifs is 1. The minimum Gasteiger partial charge on any atom is -0.508 e. The minimum absolute atomic E-state index is 0.340. The number of hydrogen-bond donors (Lipinski definition) is 1. The van der Waals surface area contributed by atoms with Gasteiger partial charge >= 0.3 is 0 Å². The summed E-state index contributed by atoms with van der Waals surface area (Å²) < 4.78 is 2.26. The van der Waals surface area contributed by atoms with Gasteiger partial charge in [-0.25, -0.2) is 0 Å². The van der Waals surface area contributed by atoms with Gasteiger partial charge in [-0.05, 0) is 58.1 Å². The van der Waals surface area contributed by atoms with E-state index in [9.17, 15) is 5.11 Å². The van der Waals surface area contributed by atoms with Crippen molar-refractivity contribution in [3.8, 4) is 5.75 Å². The summed E-state index contributed by atoms with van der Waals surface area (Å²) in [7, 11) is -0.239. The number of phenols is 1. The Morgan fingerprint density at radius 2 is 1.46 bits per heavy atom. The largest absolute Gasteiger partial charge is 0.508 e. The molecule has 0 amide bonds. The molecule has 0 saturated heterocycles. The van der Waals surface area contributed by atoms with Gasteiger partial charge in [-0.1, -0.05) is 57.0 Å². The zero-order valence-corrected chi connectivity index (χ0v) is 18.4. The van der Waals surface area contributed by atoms with E-state index in [1.54, 1.807) is 12.1 Å². The highest BCUT2D eigenvalue weighted by atomic mass is 35.5. The van der Waals surface area contributed by atoms with Crippen molar-refractivity contribution in [1.82, 2.24) is 4.57 Å². The molecule has 138 valence electrons. The third-order valence-corrected chi connectivity index (χ3v) is 12.4. The average molecular weight is 406 g/mol. The number of rotatable bonds is 4. The summed E-state index contributed by atoms with van der Waals surface area (Å²) in [4.78, 5) is 0. The summed E-state index contributed by atoms with van der Waals surface area (Å²) in [6.07, 6.45) is 0. The fourth-order valence-corrected chi connectivity index (χ4v) is 11.0. The van der Waals surface area contributed by atoms with Crippen LogP contribution in [-0.4, -0.2) is 17.7 Å². The molecule has 1 N–H and O–H groups in total. The molecule has 0 radical (unpaired) electrons. The van der Waals surface area contributed by atoms with Crippen LogP contribution in [0.2, 0.25) is 21.1 Å². The Labute approximate surface area is 166 Å². The molecule has 26 heavy (non-hydrogen) atoms. The smallest absolute Gasteiger partial charge is 0.148 e. The highest BCUT2D eigenvalue weighted by molar-refractivity contribution is 7.04. The van der Waals surface area contributed by atoms with E-state index in [1.165, 1.54) is 10.7 Å². The number of hydrogen-bond acceptors (Lipinski definition) is 1. The molecule has 0 unspecified atom stereocenters. The standard InChI is InChI=1S/C21H25Cl2NOSi/c1-13(2)26(14(3)4,20-12-17(23)8-9-19(20)25)21-10-15-6-7-16(22)11-18(15)24(21)5/h6-14,25H,1-5H3. The van der Waals surface area contributed by atoms with Gasteiger partial charge in [0, 0.05) is 27.9 Å². The average Bonchev–Trinajstić information content (AvgIpc) is 2.88. The van der Waals surface area contributed by atoms with Crippen molar-refractivity contribution < 1.29 is 5.11 Å². The zero-order chi connectivity index (χ0) is 19.2. The van der Waals surface area contributed by atoms with E-state index in [0.29, 0.717) is 21.9 Å². The Morgan fingerprint density at radius 3 is 2.08 bits per heavy atom. The van der Waals surface area contributed by atoms with Crippen LogP contribution in [0.25, 0.3) is 10.9 Å². The monoisotopic (exact) mass is 405 g/mol. The van der Waals surface area contributed by atoms with Crippen LogP contribution in [-0.2, 0) is 7.05 Å². The molecule has 3 rings (SSSR count). The SMILES string of the molecule is CC(C)[Si](c1cc(Cl)ccc1O)(c1cc2ccc(Cl)cc2n1C)C(C)C. The molecule has 0 atom stereocenters. The maximum atomic E-state index is 10.8. The maximum Gasteiger partial charge on any atom is 0.148 e. The molecule has 5 heteroatoms. The Morgan fingerprint density at radius 1 is 0.885 bits per heavy atom. The summed E-state index contributed by atoms with van der Waals surface area (Å²) in [6, 6.07) is 13.7. The molecule has 0 aliphatic heterocycles. The number of nitrogens with zero attached hydrogens (tertiary/aromatic N) is 1. The quantitative estimate of drug-likeness (QED) is 0.563. The first-order valence-corrected chi connectivity index (χ1v) is 11.8. The molecule has 0 fully saturated rings. The predicted octanol–water partition coefficient (Wildman–Crippen LogP) is 5.57. The van der Waals surface area contributed by atoms with Crippen molar-refractivity contribution in [2.24, 2.45) is 7.05 Å². The summed E-state index contributed by atoms with van der Waals surface area (Å²) >= 11 is 12.6. The van der Waals surface area contributed by atoms with E-state index < -0.39 is 8.07 Å². The van der Waals surface area contributed by atoms with Crippen LogP contribution in [0.3, 0.4) is 0 Å². The third kappa shape index (κ3) is 2.86. The number of aromatic nitrogens is 1. The number of phenolic OH excluding ortho intramolecular Hbond substituents is 1. The summed E-state index contributed by atoms with van der Waals surface area (Å²) in [6.45, 7) is 9.04. The van der Waals surface area contributed by atoms with E-state index in [-0.39, 0.29) is 0 Å². The van der Waals surface area contributed by atoms with E-state index >= 15 is 0 Å². The third-order valence-electron chi connectivity index (χ3n) is 5.66. The van der Waals surface area contributed by atoms with E-state index in [2.05, 4.69) is 51.4 Å². The lowest BCUT2D eigenvalue weighted by molar-refractivity contribution is 0.479. The lowest BCUT2D eigenvalue weighted by Gasteiger charge is -2.40. The van der Waals surface area contributed by atoms with Crippen LogP contribution in [0.15, 0.2) is 42.5 Å². The topological polar surface area (TPSA) is 25.2 Å². The maximum absolute atomic E-state index is 10.8. The second kappa shape index (κ2) is 6.95. The van der Waals surface area contributed by atoms with Gasteiger partial charge in [0.15, 0.2) is 0 Å². The summed E-state index contributed by atoms with van der Waals surface area (Å²) in [5.41, 5.74) is 1.88. The van der Waals surface area contributed by atoms with Crippen molar-refractivity contribution in [3.05, 3.63) is 52.5 Å². The van der Waals surface area contributed by atoms with Gasteiger partial charge in [0.2, 0.25) is 0 Å². The van der Waals surface area contributed by atoms with E-state index in [4.69, 9.17) is 23.2 Å². The molecule has 2 aromatic carbocycles. The highest BCUT2D eigenvalue weighted by Crippen LogP contribution is 2.36. The molecule has 1 heterocycles. The second-order valence-corrected chi connectivity index (χ2v) is 13.6. The fraction of sp³-hybridized carbons (Fsp3) is 0.333. The van der Waals surface area contributed by atoms with Gasteiger partial charge in [0.05, 0.1) is 0 Å². The number of halogens is 2. The second-order valence-electron chi connectivity index (χ2n) is 7.63. The van der Waals surface area contributed by atoms with E-state index in [1.807, 2.05) is 18.2 Å². The molecule has 0 bridgehead atoms. The Kier molecular flexibility index (Phi) is 5.17. The first-order valence-electron chi connectivity index (χ1n) is 8.94. The van der Waals surface area contributed by atoms with Crippen molar-refractivity contribution in [2.45, 2.75) is 38.8 Å². The molecule has 1 aromatic heterocycles. The first-order chi connectivity index (χ1) is 12.2. The van der Waals surface area contributed by atoms with Crippen molar-refractivity contribution in [3.63, 3.8) is 0 Å². The van der Waals surface area contributed by atoms with Crippen LogP contribution in [0, 0.1) is 0 Å². The van der Waals surface area contributed by atoms with Crippen LogP contribution >= 0.6 is 23.2 Å². The highest BCUT2D eigenvalue weighted by Gasteiger charge is 2.47. The van der Waals surface area contributed by atoms with Gasteiger partial charge in [-0.15, -0.1) is 0 Å². The molecule has 2 nitrogen and oxygen atoms in total. The molecule has 3 aromatic rings. The van der Waals surface area contributed by atoms with Gasteiger partial charge in [-0.2, -0.15) is 0 Å². The summed E-state index contributed by atoms with van der Waals surface area (Å²) in [5, 5.41) is 15.7. The minimum atomic E-state index is -2.34. The number of aromatic hydroxyl groups is 1. The van der Waals surface area contributed by atoms with Crippen molar-refractivity contribution in [2.75, 3.05) is 0 Å². The van der Waals surface area contributed by atoms with Crippen LogP contribution < -0.4 is 10.5 Å². The lowest BCUT2D eigenvalue weighted by Crippen LogP contribution is -2.64. The van der Waals surface area contributed by atoms with Gasteiger partial charge in [0.25, 0.3) is 0 Å². The number of benzene rings is 2. The van der Waals surface area contributed by atoms with Gasteiger partial charge in [0.1, 0.15) is 13.8 Å². The zero-order valence-electron chi connectivity index (χ0n) is 15.8. The van der Waals surface area contributed by atoms with Gasteiger partial charge in [-0.3, -0.25) is 0 Å². The molecule has 0 spiro atoms. The normalized spacial score (nSPS) is 12.5. The van der Waals surface area contributed by atoms with E-state index in [0.717, 1.165) is 15.7 Å². The fourth-order valence-electron chi connectivity index (χ4n) is 4.56. The molecule has 0 aliphatic rings. The Hall–Kier alpha value is -1.42. The Balaban J connectivity index is 2.43. The van der Waals surface area contributed by atoms with Crippen LogP contribution in [0.4, 0.5) is 0 Å². The molecule has 0 aliphatic carbocycles. The lowest BCUT2D eigenvalue weighted by atomic mass is 10.2. The van der Waals surface area contributed by atoms with Crippen LogP contribution in [0.5, 0.6) is 5.75 Å². The van der Waals surface area contributed by atoms with Crippen molar-refractivity contribution >= 4 is 52.7 Å². The Bertz CT molecular complexity index is 954. The summed E-state index contributed by atoms with van der Waals surface area (Å²) in [5.74, 6) is 0.340.